The van der Waals surface area contributed by atoms with Crippen molar-refractivity contribution in [3.8, 4) is 0 Å². The number of carboxylic acids is 1. The number of aliphatic carboxylic acids is 1. The summed E-state index contributed by atoms with van der Waals surface area (Å²) in [6, 6.07) is 0. The van der Waals surface area contributed by atoms with Crippen LogP contribution in [0, 0.1) is 50.2 Å². The van der Waals surface area contributed by atoms with E-state index in [1.807, 2.05) is 0 Å². The fraction of sp³-hybridized carbons (Fsp3) is 0.919. The molecule has 10 aliphatic rings. The Bertz CT molecular complexity index is 2630. The molecule has 0 aromatic carbocycles. The average Bonchev–Trinajstić information content (AvgIpc) is 0.677. The van der Waals surface area contributed by atoms with Gasteiger partial charge in [-0.15, -0.1) is 0 Å². The van der Waals surface area contributed by atoms with E-state index >= 15 is 4.79 Å². The molecule has 5 saturated heterocycles. The van der Waals surface area contributed by atoms with Crippen LogP contribution in [-0.4, -0.2) is 274 Å². The number of carboxylic acid groups (broad SMARTS) is 1. The Morgan fingerprint density at radius 2 is 1.12 bits per heavy atom. The summed E-state index contributed by atoms with van der Waals surface area (Å²) in [6.07, 6.45) is -35.6. The number of aliphatic hydroxyl groups is 14. The number of hydrogen-bond acceptors (Lipinski definition) is 28. The van der Waals surface area contributed by atoms with Gasteiger partial charge in [-0.25, -0.2) is 4.79 Å². The zero-order chi connectivity index (χ0) is 66.7. The highest BCUT2D eigenvalue weighted by Crippen LogP contribution is 2.76. The van der Waals surface area contributed by atoms with Crippen molar-refractivity contribution in [3.63, 3.8) is 0 Å². The number of fused-ring (bicyclic) bond motifs is 7. The van der Waals surface area contributed by atoms with E-state index in [0.717, 1.165) is 25.3 Å². The van der Waals surface area contributed by atoms with Gasteiger partial charge in [0.2, 0.25) is 6.29 Å². The fourth-order valence-electron chi connectivity index (χ4n) is 18.0. The van der Waals surface area contributed by atoms with Gasteiger partial charge in [-0.05, 0) is 116 Å². The number of carbonyl (C=O) groups is 3. The Kier molecular flexibility index (Phi) is 20.5. The van der Waals surface area contributed by atoms with E-state index in [0.29, 0.717) is 51.4 Å². The first-order valence-corrected chi connectivity index (χ1v) is 32.1. The van der Waals surface area contributed by atoms with Crippen LogP contribution >= 0.6 is 0 Å². The number of aliphatic hydroxyl groups excluding tert-OH is 14. The summed E-state index contributed by atoms with van der Waals surface area (Å²) >= 11 is 0. The Balaban J connectivity index is 0.841. The standard InChI is InChI=1S/C62H98O29/c1-24-34(65)37(68)43(74)52(83-24)88-47-30(23-81-25(2)64)86-51(46(77)42(47)73)82-22-29-36(67)39(70)45(76)54(85-29)91-56(80)62-18-16-57(3,4)20-27(62)26-10-11-32-59(7)14-13-33(58(5,6)31(59)12-15-61(32,9)60(26,8)17-19-62)87-55-49(41(72)40(71)48(89-55)50(78)79)90-53-44(75)38(69)35(66)28(21-63)84-53/h10,24,27-49,51-55,63,65-77H,11-23H2,1-9H3,(H,78,79). The summed E-state index contributed by atoms with van der Waals surface area (Å²) in [5.41, 5.74) is -1.86. The van der Waals surface area contributed by atoms with Crippen molar-refractivity contribution in [1.29, 1.82) is 0 Å². The molecule has 9 fully saturated rings. The first-order chi connectivity index (χ1) is 42.5. The van der Waals surface area contributed by atoms with E-state index in [1.54, 1.807) is 0 Å². The van der Waals surface area contributed by atoms with Crippen molar-refractivity contribution in [2.75, 3.05) is 19.8 Å². The van der Waals surface area contributed by atoms with Gasteiger partial charge < -0.3 is 129 Å². The molecule has 0 aromatic heterocycles. The predicted octanol–water partition coefficient (Wildman–Crippen LogP) is -2.52. The van der Waals surface area contributed by atoms with E-state index < -0.39 is 214 Å². The molecule has 520 valence electrons. The number of carbonyl (C=O) groups excluding carboxylic acids is 2. The van der Waals surface area contributed by atoms with Crippen LogP contribution in [0.2, 0.25) is 0 Å². The van der Waals surface area contributed by atoms with Crippen molar-refractivity contribution >= 4 is 17.9 Å². The summed E-state index contributed by atoms with van der Waals surface area (Å²) in [5.74, 6) is -3.20. The predicted molar refractivity (Wildman–Crippen MR) is 304 cm³/mol. The van der Waals surface area contributed by atoms with Crippen LogP contribution in [0.3, 0.4) is 0 Å². The Morgan fingerprint density at radius 3 is 1.77 bits per heavy atom. The molecule has 5 aliphatic carbocycles. The summed E-state index contributed by atoms with van der Waals surface area (Å²) in [7, 11) is 0. The highest BCUT2D eigenvalue weighted by molar-refractivity contribution is 5.79. The van der Waals surface area contributed by atoms with Crippen LogP contribution in [0.5, 0.6) is 0 Å². The van der Waals surface area contributed by atoms with Gasteiger partial charge >= 0.3 is 17.9 Å². The molecule has 91 heavy (non-hydrogen) atoms. The molecule has 0 bridgehead atoms. The summed E-state index contributed by atoms with van der Waals surface area (Å²) in [4.78, 5) is 39.7. The number of allylic oxidation sites excluding steroid dienone is 2. The summed E-state index contributed by atoms with van der Waals surface area (Å²) in [5, 5.41) is 162. The second-order valence-corrected chi connectivity index (χ2v) is 29.8. The molecular formula is C62H98O29. The van der Waals surface area contributed by atoms with Gasteiger partial charge in [0.05, 0.1) is 30.8 Å². The topological polar surface area (TPSA) is 456 Å². The second-order valence-electron chi connectivity index (χ2n) is 29.8. The minimum atomic E-state index is -2.02. The molecule has 0 radical (unpaired) electrons. The molecule has 33 atom stereocenters. The Labute approximate surface area is 527 Å². The van der Waals surface area contributed by atoms with Gasteiger partial charge in [-0.2, -0.15) is 0 Å². The normalized spacial score (nSPS) is 52.0. The van der Waals surface area contributed by atoms with E-state index in [9.17, 15) is 86.2 Å². The molecule has 15 N–H and O–H groups in total. The molecular weight excluding hydrogens is 1210 g/mol. The van der Waals surface area contributed by atoms with Crippen LogP contribution < -0.4 is 0 Å². The van der Waals surface area contributed by atoms with Crippen LogP contribution in [-0.2, 0) is 66.5 Å². The van der Waals surface area contributed by atoms with E-state index in [2.05, 4.69) is 54.5 Å². The smallest absolute Gasteiger partial charge is 0.335 e. The highest BCUT2D eigenvalue weighted by Gasteiger charge is 2.71. The SMILES string of the molecule is CC(=O)OCC1OC(OCC2OC(OC(=O)C34CCC(C)(C)CC3C3=CCC5C6(C)CCC(OC7OC(C(=O)O)C(O)C(O)C7OC7OC(CO)C(O)C(O)C7O)C(C)(C)C6CCC5(C)C3(C)CC4)C(O)C(O)C2O)C(O)C(O)C1OC1OC(C)C(O)C(O)C1O. The molecule has 29 heteroatoms. The number of rotatable bonds is 15. The maximum atomic E-state index is 15.3. The van der Waals surface area contributed by atoms with Crippen LogP contribution in [0.4, 0.5) is 0 Å². The Hall–Kier alpha value is -2.77. The minimum absolute atomic E-state index is 0.00388. The van der Waals surface area contributed by atoms with Crippen molar-refractivity contribution in [2.24, 2.45) is 50.2 Å². The largest absolute Gasteiger partial charge is 0.479 e. The maximum absolute atomic E-state index is 15.3. The summed E-state index contributed by atoms with van der Waals surface area (Å²) in [6.45, 7) is 16.0. The molecule has 29 nitrogen and oxygen atoms in total. The molecule has 0 amide bonds. The van der Waals surface area contributed by atoms with Crippen molar-refractivity contribution in [1.82, 2.24) is 0 Å². The lowest BCUT2D eigenvalue weighted by atomic mass is 9.33. The van der Waals surface area contributed by atoms with Gasteiger partial charge in [-0.3, -0.25) is 9.59 Å². The highest BCUT2D eigenvalue weighted by atomic mass is 16.8. The lowest BCUT2D eigenvalue weighted by Gasteiger charge is -2.71. The van der Waals surface area contributed by atoms with Crippen LogP contribution in [0.25, 0.3) is 0 Å². The third-order valence-corrected chi connectivity index (χ3v) is 23.7. The van der Waals surface area contributed by atoms with Crippen molar-refractivity contribution < 1.29 is 143 Å². The average molecular weight is 1310 g/mol. The quantitative estimate of drug-likeness (QED) is 0.0457. The molecule has 5 heterocycles. The van der Waals surface area contributed by atoms with Crippen LogP contribution in [0.1, 0.15) is 127 Å². The number of esters is 2. The molecule has 5 aliphatic heterocycles. The van der Waals surface area contributed by atoms with Crippen molar-refractivity contribution in [3.05, 3.63) is 11.6 Å². The third kappa shape index (κ3) is 12.4. The minimum Gasteiger partial charge on any atom is -0.479 e. The third-order valence-electron chi connectivity index (χ3n) is 23.7. The second kappa shape index (κ2) is 26.2. The first kappa shape index (κ1) is 71.0. The molecule has 33 unspecified atom stereocenters. The van der Waals surface area contributed by atoms with Gasteiger partial charge in [0.15, 0.2) is 31.3 Å². The lowest BCUT2D eigenvalue weighted by molar-refractivity contribution is -0.374. The van der Waals surface area contributed by atoms with Gasteiger partial charge in [0.1, 0.15) is 116 Å². The maximum Gasteiger partial charge on any atom is 0.335 e. The fourth-order valence-corrected chi connectivity index (χ4v) is 18.0. The van der Waals surface area contributed by atoms with Crippen molar-refractivity contribution in [2.45, 2.75) is 286 Å². The Morgan fingerprint density at radius 1 is 0.549 bits per heavy atom. The van der Waals surface area contributed by atoms with Crippen LogP contribution in [0.15, 0.2) is 11.6 Å². The van der Waals surface area contributed by atoms with Gasteiger partial charge in [-0.1, -0.05) is 60.1 Å². The molecule has 4 saturated carbocycles. The number of ether oxygens (including phenoxy) is 11. The number of hydrogen-bond donors (Lipinski definition) is 15. The van der Waals surface area contributed by atoms with E-state index in [4.69, 9.17) is 52.1 Å². The monoisotopic (exact) mass is 1310 g/mol. The van der Waals surface area contributed by atoms with Gasteiger partial charge in [0, 0.05) is 6.92 Å². The first-order valence-electron chi connectivity index (χ1n) is 32.1. The molecule has 10 rings (SSSR count). The molecule has 0 spiro atoms. The van der Waals surface area contributed by atoms with E-state index in [1.165, 1.54) is 6.92 Å². The zero-order valence-electron chi connectivity index (χ0n) is 52.9. The van der Waals surface area contributed by atoms with Gasteiger partial charge in [0.25, 0.3) is 0 Å². The van der Waals surface area contributed by atoms with E-state index in [-0.39, 0.29) is 34.0 Å². The summed E-state index contributed by atoms with van der Waals surface area (Å²) < 4.78 is 64.7. The lowest BCUT2D eigenvalue weighted by Crippen LogP contribution is -2.67. The molecule has 0 aromatic rings. The zero-order valence-corrected chi connectivity index (χ0v) is 52.9.